The zero-order chi connectivity index (χ0) is 17.1. The van der Waals surface area contributed by atoms with Crippen molar-refractivity contribution in [3.63, 3.8) is 0 Å². The molecule has 1 aliphatic carbocycles. The first kappa shape index (κ1) is 17.0. The van der Waals surface area contributed by atoms with Crippen molar-refractivity contribution < 1.29 is 19.4 Å². The molecular formula is C18H26N2O4. The first-order chi connectivity index (χ1) is 11.6. The van der Waals surface area contributed by atoms with Crippen LogP contribution in [0.4, 0.5) is 0 Å². The lowest BCUT2D eigenvalue weighted by molar-refractivity contribution is -0.123. The third-order valence-corrected chi connectivity index (χ3v) is 4.88. The van der Waals surface area contributed by atoms with Gasteiger partial charge in [-0.2, -0.15) is 0 Å². The molecule has 1 heterocycles. The van der Waals surface area contributed by atoms with E-state index in [-0.39, 0.29) is 30.4 Å². The van der Waals surface area contributed by atoms with E-state index in [1.807, 2.05) is 18.2 Å². The predicted octanol–water partition coefficient (Wildman–Crippen LogP) is 1.02. The van der Waals surface area contributed by atoms with Gasteiger partial charge in [0, 0.05) is 44.1 Å². The smallest absolute Gasteiger partial charge is 0.223 e. The lowest BCUT2D eigenvalue weighted by Gasteiger charge is -2.18. The van der Waals surface area contributed by atoms with E-state index in [0.717, 1.165) is 38.0 Å². The van der Waals surface area contributed by atoms with Gasteiger partial charge < -0.3 is 19.9 Å². The van der Waals surface area contributed by atoms with Gasteiger partial charge in [-0.15, -0.1) is 0 Å². The highest BCUT2D eigenvalue weighted by atomic mass is 16.5. The van der Waals surface area contributed by atoms with E-state index in [1.54, 1.807) is 14.2 Å². The Morgan fingerprint density at radius 1 is 1.25 bits per heavy atom. The second kappa shape index (κ2) is 7.40. The molecule has 1 aromatic rings. The second-order valence-electron chi connectivity index (χ2n) is 6.72. The highest BCUT2D eigenvalue weighted by Crippen LogP contribution is 2.31. The summed E-state index contributed by atoms with van der Waals surface area (Å²) < 4.78 is 10.6. The lowest BCUT2D eigenvalue weighted by Crippen LogP contribution is -2.42. The van der Waals surface area contributed by atoms with Crippen LogP contribution in [0.25, 0.3) is 0 Å². The first-order valence-electron chi connectivity index (χ1n) is 8.49. The van der Waals surface area contributed by atoms with Crippen LogP contribution in [0.1, 0.15) is 18.4 Å². The van der Waals surface area contributed by atoms with Gasteiger partial charge in [-0.3, -0.25) is 9.69 Å². The molecule has 132 valence electrons. The van der Waals surface area contributed by atoms with Crippen molar-refractivity contribution >= 4 is 5.91 Å². The Morgan fingerprint density at radius 2 is 2.00 bits per heavy atom. The van der Waals surface area contributed by atoms with Crippen LogP contribution in [0.2, 0.25) is 0 Å². The van der Waals surface area contributed by atoms with Gasteiger partial charge in [-0.25, -0.2) is 0 Å². The SMILES string of the molecule is COc1ccc(CN2C[C@@H](CO)[C@H](NC(=O)C3CC3)C2)cc1OC. The fraction of sp³-hybridized carbons (Fsp3) is 0.611. The summed E-state index contributed by atoms with van der Waals surface area (Å²) in [6, 6.07) is 5.93. The van der Waals surface area contributed by atoms with Gasteiger partial charge >= 0.3 is 0 Å². The highest BCUT2D eigenvalue weighted by Gasteiger charge is 2.37. The number of nitrogens with one attached hydrogen (secondary N) is 1. The maximum absolute atomic E-state index is 12.0. The van der Waals surface area contributed by atoms with Gasteiger partial charge in [0.2, 0.25) is 5.91 Å². The van der Waals surface area contributed by atoms with Gasteiger partial charge in [0.25, 0.3) is 0 Å². The molecule has 2 fully saturated rings. The van der Waals surface area contributed by atoms with Gasteiger partial charge in [0.05, 0.1) is 14.2 Å². The van der Waals surface area contributed by atoms with Gasteiger partial charge in [0.15, 0.2) is 11.5 Å². The second-order valence-corrected chi connectivity index (χ2v) is 6.72. The maximum Gasteiger partial charge on any atom is 0.223 e. The number of amides is 1. The Hall–Kier alpha value is -1.79. The number of aliphatic hydroxyl groups excluding tert-OH is 1. The summed E-state index contributed by atoms with van der Waals surface area (Å²) in [7, 11) is 3.25. The summed E-state index contributed by atoms with van der Waals surface area (Å²) in [6.07, 6.45) is 2.00. The summed E-state index contributed by atoms with van der Waals surface area (Å²) >= 11 is 0. The number of rotatable bonds is 7. The van der Waals surface area contributed by atoms with Crippen LogP contribution >= 0.6 is 0 Å². The van der Waals surface area contributed by atoms with E-state index in [9.17, 15) is 9.90 Å². The number of aliphatic hydroxyl groups is 1. The summed E-state index contributed by atoms with van der Waals surface area (Å²) in [6.45, 7) is 2.39. The monoisotopic (exact) mass is 334 g/mol. The van der Waals surface area contributed by atoms with Crippen LogP contribution < -0.4 is 14.8 Å². The molecule has 1 saturated heterocycles. The van der Waals surface area contributed by atoms with Crippen molar-refractivity contribution in [2.45, 2.75) is 25.4 Å². The van der Waals surface area contributed by atoms with Crippen LogP contribution in [-0.2, 0) is 11.3 Å². The zero-order valence-corrected chi connectivity index (χ0v) is 14.3. The molecule has 1 amide bonds. The van der Waals surface area contributed by atoms with E-state index >= 15 is 0 Å². The van der Waals surface area contributed by atoms with E-state index in [4.69, 9.17) is 9.47 Å². The summed E-state index contributed by atoms with van der Waals surface area (Å²) in [5.41, 5.74) is 1.12. The fourth-order valence-electron chi connectivity index (χ4n) is 3.32. The number of carbonyl (C=O) groups is 1. The molecular weight excluding hydrogens is 308 g/mol. The third kappa shape index (κ3) is 3.82. The van der Waals surface area contributed by atoms with Crippen LogP contribution in [0, 0.1) is 11.8 Å². The quantitative estimate of drug-likeness (QED) is 0.779. The Bertz CT molecular complexity index is 588. The van der Waals surface area contributed by atoms with Crippen LogP contribution in [0.3, 0.4) is 0 Å². The van der Waals surface area contributed by atoms with E-state index in [2.05, 4.69) is 10.2 Å². The number of nitrogens with zero attached hydrogens (tertiary/aromatic N) is 1. The molecule has 6 nitrogen and oxygen atoms in total. The van der Waals surface area contributed by atoms with Crippen molar-refractivity contribution in [1.82, 2.24) is 10.2 Å². The minimum absolute atomic E-state index is 0.0308. The minimum atomic E-state index is 0.0308. The molecule has 24 heavy (non-hydrogen) atoms. The lowest BCUT2D eigenvalue weighted by atomic mass is 10.1. The summed E-state index contributed by atoms with van der Waals surface area (Å²) in [4.78, 5) is 14.3. The van der Waals surface area contributed by atoms with E-state index in [0.29, 0.717) is 11.5 Å². The molecule has 1 aliphatic heterocycles. The van der Waals surface area contributed by atoms with Crippen LogP contribution in [-0.4, -0.2) is 55.9 Å². The Morgan fingerprint density at radius 3 is 2.62 bits per heavy atom. The largest absolute Gasteiger partial charge is 0.493 e. The molecule has 0 unspecified atom stereocenters. The summed E-state index contributed by atoms with van der Waals surface area (Å²) in [5.74, 6) is 1.86. The molecule has 0 aromatic heterocycles. The molecule has 2 aliphatic rings. The number of hydrogen-bond acceptors (Lipinski definition) is 5. The van der Waals surface area contributed by atoms with Gasteiger partial charge in [-0.05, 0) is 30.5 Å². The first-order valence-corrected chi connectivity index (χ1v) is 8.49. The van der Waals surface area contributed by atoms with Gasteiger partial charge in [-0.1, -0.05) is 6.07 Å². The molecule has 6 heteroatoms. The molecule has 0 spiro atoms. The Balaban J connectivity index is 1.62. The average Bonchev–Trinajstić information content (AvgIpc) is 3.38. The molecule has 2 N–H and O–H groups in total. The van der Waals surface area contributed by atoms with Crippen molar-refractivity contribution in [1.29, 1.82) is 0 Å². The number of ether oxygens (including phenoxy) is 2. The van der Waals surface area contributed by atoms with Crippen molar-refractivity contribution in [2.24, 2.45) is 11.8 Å². The topological polar surface area (TPSA) is 71.0 Å². The van der Waals surface area contributed by atoms with Gasteiger partial charge in [0.1, 0.15) is 0 Å². The van der Waals surface area contributed by atoms with E-state index < -0.39 is 0 Å². The van der Waals surface area contributed by atoms with E-state index in [1.165, 1.54) is 0 Å². The highest BCUT2D eigenvalue weighted by molar-refractivity contribution is 5.81. The van der Waals surface area contributed by atoms with Crippen LogP contribution in [0.5, 0.6) is 11.5 Å². The predicted molar refractivity (Wildman–Crippen MR) is 90.1 cm³/mol. The van der Waals surface area contributed by atoms with Crippen molar-refractivity contribution in [2.75, 3.05) is 33.9 Å². The zero-order valence-electron chi connectivity index (χ0n) is 14.3. The number of carbonyl (C=O) groups excluding carboxylic acids is 1. The fourth-order valence-corrected chi connectivity index (χ4v) is 3.32. The minimum Gasteiger partial charge on any atom is -0.493 e. The number of methoxy groups -OCH3 is 2. The van der Waals surface area contributed by atoms with Crippen molar-refractivity contribution in [3.8, 4) is 11.5 Å². The molecule has 0 radical (unpaired) electrons. The third-order valence-electron chi connectivity index (χ3n) is 4.88. The molecule has 2 atom stereocenters. The molecule has 0 bridgehead atoms. The average molecular weight is 334 g/mol. The van der Waals surface area contributed by atoms with Crippen molar-refractivity contribution in [3.05, 3.63) is 23.8 Å². The molecule has 1 saturated carbocycles. The molecule has 3 rings (SSSR count). The summed E-state index contributed by atoms with van der Waals surface area (Å²) in [5, 5.41) is 12.7. The molecule has 1 aromatic carbocycles. The van der Waals surface area contributed by atoms with Crippen LogP contribution in [0.15, 0.2) is 18.2 Å². The Kier molecular flexibility index (Phi) is 5.26. The normalized spacial score (nSPS) is 24.0. The Labute approximate surface area is 142 Å². The standard InChI is InChI=1S/C18H26N2O4/c1-23-16-6-3-12(7-17(16)24-2)8-20-9-14(11-21)15(10-20)19-18(22)13-4-5-13/h3,6-7,13-15,21H,4-5,8-11H2,1-2H3,(H,19,22)/t14-,15+/m0/s1. The number of hydrogen-bond donors (Lipinski definition) is 2. The number of benzene rings is 1. The number of likely N-dealkylation sites (tertiary alicyclic amines) is 1. The maximum atomic E-state index is 12.0.